The van der Waals surface area contributed by atoms with E-state index in [0.717, 1.165) is 0 Å². The summed E-state index contributed by atoms with van der Waals surface area (Å²) in [5.41, 5.74) is 0.461. The van der Waals surface area contributed by atoms with Crippen molar-refractivity contribution in [3.8, 4) is 0 Å². The van der Waals surface area contributed by atoms with Gasteiger partial charge in [-0.2, -0.15) is 0 Å². The maximum atomic E-state index is 14.2. The molecular formula is C16H12FN2NaO3. The van der Waals surface area contributed by atoms with Gasteiger partial charge in [0, 0.05) is 34.6 Å². The molecule has 1 aromatic heterocycles. The van der Waals surface area contributed by atoms with Crippen molar-refractivity contribution >= 4 is 11.7 Å². The quantitative estimate of drug-likeness (QED) is 0.633. The van der Waals surface area contributed by atoms with Gasteiger partial charge in [-0.25, -0.2) is 4.39 Å². The molecule has 1 aromatic carbocycles. The number of aromatic nitrogens is 1. The molecule has 0 saturated heterocycles. The van der Waals surface area contributed by atoms with Gasteiger partial charge in [-0.3, -0.25) is 4.79 Å². The predicted octanol–water partition coefficient (Wildman–Crippen LogP) is -1.90. The third-order valence-corrected chi connectivity index (χ3v) is 3.74. The number of carbonyl (C=O) groups is 1. The van der Waals surface area contributed by atoms with Gasteiger partial charge in [0.25, 0.3) is 5.56 Å². The summed E-state index contributed by atoms with van der Waals surface area (Å²) in [6, 6.07) is 7.42. The fourth-order valence-electron chi connectivity index (χ4n) is 2.81. The van der Waals surface area contributed by atoms with Crippen LogP contribution in [0, 0.1) is 5.82 Å². The molecule has 0 spiro atoms. The molecule has 0 fully saturated rings. The molecule has 5 nitrogen and oxygen atoms in total. The van der Waals surface area contributed by atoms with Gasteiger partial charge in [0.05, 0.1) is 11.5 Å². The minimum atomic E-state index is -1.44. The van der Waals surface area contributed by atoms with Crippen LogP contribution in [0.15, 0.2) is 52.6 Å². The van der Waals surface area contributed by atoms with Crippen molar-refractivity contribution in [2.24, 2.45) is 0 Å². The number of H-pyrrole nitrogens is 1. The van der Waals surface area contributed by atoms with Gasteiger partial charge in [-0.05, 0) is 19.1 Å². The minimum Gasteiger partial charge on any atom is -0.545 e. The van der Waals surface area contributed by atoms with E-state index >= 15 is 0 Å². The molecule has 2 aromatic rings. The second-order valence-electron chi connectivity index (χ2n) is 5.04. The second-order valence-corrected chi connectivity index (χ2v) is 5.04. The summed E-state index contributed by atoms with van der Waals surface area (Å²) in [5.74, 6) is -3.03. The van der Waals surface area contributed by atoms with Crippen LogP contribution in [-0.2, 0) is 4.79 Å². The summed E-state index contributed by atoms with van der Waals surface area (Å²) >= 11 is 0. The summed E-state index contributed by atoms with van der Waals surface area (Å²) in [6.07, 6.45) is 1.45. The molecule has 1 aliphatic rings. The Labute approximate surface area is 153 Å². The van der Waals surface area contributed by atoms with Gasteiger partial charge in [0.2, 0.25) is 0 Å². The first-order valence-corrected chi connectivity index (χ1v) is 6.66. The van der Waals surface area contributed by atoms with Crippen molar-refractivity contribution < 1.29 is 43.8 Å². The first-order chi connectivity index (χ1) is 10.5. The van der Waals surface area contributed by atoms with E-state index < -0.39 is 23.3 Å². The molecule has 1 unspecified atom stereocenters. The molecule has 7 heteroatoms. The van der Waals surface area contributed by atoms with Gasteiger partial charge in [0.15, 0.2) is 0 Å². The number of allylic oxidation sites excluding steroid dienone is 1. The minimum absolute atomic E-state index is 0. The van der Waals surface area contributed by atoms with E-state index in [1.54, 1.807) is 19.1 Å². The number of rotatable bonds is 2. The Balaban J connectivity index is 0.00000192. The van der Waals surface area contributed by atoms with E-state index in [2.05, 4.69) is 10.3 Å². The maximum Gasteiger partial charge on any atom is 1.00 e. The van der Waals surface area contributed by atoms with Crippen LogP contribution >= 0.6 is 0 Å². The van der Waals surface area contributed by atoms with Crippen LogP contribution in [-0.4, -0.2) is 11.0 Å². The largest absolute Gasteiger partial charge is 1.00 e. The molecule has 112 valence electrons. The van der Waals surface area contributed by atoms with Gasteiger partial charge in [-0.1, -0.05) is 18.2 Å². The number of benzene rings is 1. The molecule has 0 bridgehead atoms. The number of carboxylic acid groups (broad SMARTS) is 1. The first-order valence-electron chi connectivity index (χ1n) is 6.66. The normalized spacial score (nSPS) is 16.2. The third-order valence-electron chi connectivity index (χ3n) is 3.74. The van der Waals surface area contributed by atoms with Crippen molar-refractivity contribution in [1.82, 2.24) is 4.98 Å². The van der Waals surface area contributed by atoms with Gasteiger partial charge in [-0.15, -0.1) is 0 Å². The number of aliphatic carboxylic acids is 1. The van der Waals surface area contributed by atoms with Crippen molar-refractivity contribution in [2.75, 3.05) is 5.32 Å². The molecule has 0 aliphatic carbocycles. The van der Waals surface area contributed by atoms with Crippen LogP contribution in [0.4, 0.5) is 10.1 Å². The molecule has 1 aliphatic heterocycles. The summed E-state index contributed by atoms with van der Waals surface area (Å²) in [4.78, 5) is 26.2. The summed E-state index contributed by atoms with van der Waals surface area (Å²) in [7, 11) is 0. The van der Waals surface area contributed by atoms with Crippen molar-refractivity contribution in [2.45, 2.75) is 12.8 Å². The number of nitrogens with one attached hydrogen (secondary N) is 2. The Morgan fingerprint density at radius 3 is 2.61 bits per heavy atom. The van der Waals surface area contributed by atoms with E-state index in [0.29, 0.717) is 11.4 Å². The Hall–Kier alpha value is -1.89. The Bertz CT molecular complexity index is 860. The number of carboxylic acids is 1. The van der Waals surface area contributed by atoms with Gasteiger partial charge >= 0.3 is 29.6 Å². The standard InChI is InChI=1S/C16H13FN2O3.Na/c1-8-12(16(21)22)13(9-4-2-3-5-10(9)17)14-11(19-8)6-7-18-15(14)20;/h2-7,13,19H,1H3,(H,18,20)(H,21,22);/q;+1/p-1. The Morgan fingerprint density at radius 2 is 1.96 bits per heavy atom. The van der Waals surface area contributed by atoms with Gasteiger partial charge in [0.1, 0.15) is 5.82 Å². The van der Waals surface area contributed by atoms with Crippen molar-refractivity contribution in [3.63, 3.8) is 0 Å². The zero-order chi connectivity index (χ0) is 15.9. The van der Waals surface area contributed by atoms with Crippen molar-refractivity contribution in [3.05, 3.63) is 75.1 Å². The molecule has 2 N–H and O–H groups in total. The number of anilines is 1. The van der Waals surface area contributed by atoms with Crippen LogP contribution in [0.5, 0.6) is 0 Å². The first kappa shape index (κ1) is 17.5. The number of hydrogen-bond donors (Lipinski definition) is 2. The van der Waals surface area contributed by atoms with Crippen LogP contribution in [0.3, 0.4) is 0 Å². The molecule has 0 radical (unpaired) electrons. The Morgan fingerprint density at radius 1 is 1.26 bits per heavy atom. The molecular weight excluding hydrogens is 310 g/mol. The summed E-state index contributed by atoms with van der Waals surface area (Å²) in [6.45, 7) is 1.56. The number of hydrogen-bond acceptors (Lipinski definition) is 4. The Kier molecular flexibility index (Phi) is 5.09. The molecule has 23 heavy (non-hydrogen) atoms. The fourth-order valence-corrected chi connectivity index (χ4v) is 2.81. The zero-order valence-corrected chi connectivity index (χ0v) is 14.6. The summed E-state index contributed by atoms with van der Waals surface area (Å²) < 4.78 is 14.2. The van der Waals surface area contributed by atoms with Crippen molar-refractivity contribution in [1.29, 1.82) is 0 Å². The molecule has 0 amide bonds. The van der Waals surface area contributed by atoms with Crippen LogP contribution in [0.25, 0.3) is 0 Å². The summed E-state index contributed by atoms with van der Waals surface area (Å²) in [5, 5.41) is 14.4. The van der Waals surface area contributed by atoms with E-state index in [9.17, 15) is 19.1 Å². The third kappa shape index (κ3) is 2.97. The molecule has 2 heterocycles. The maximum absolute atomic E-state index is 14.2. The fraction of sp³-hybridized carbons (Fsp3) is 0.125. The van der Waals surface area contributed by atoms with E-state index in [4.69, 9.17) is 0 Å². The van der Waals surface area contributed by atoms with Crippen LogP contribution in [0.2, 0.25) is 0 Å². The zero-order valence-electron chi connectivity index (χ0n) is 12.6. The molecule has 0 saturated carbocycles. The van der Waals surface area contributed by atoms with E-state index in [-0.39, 0.29) is 46.3 Å². The monoisotopic (exact) mass is 322 g/mol. The molecule has 1 atom stereocenters. The molecule has 3 rings (SSSR count). The van der Waals surface area contributed by atoms with Gasteiger partial charge < -0.3 is 20.2 Å². The average molecular weight is 322 g/mol. The number of fused-ring (bicyclic) bond motifs is 1. The predicted molar refractivity (Wildman–Crippen MR) is 76.6 cm³/mol. The number of halogens is 1. The smallest absolute Gasteiger partial charge is 0.545 e. The average Bonchev–Trinajstić information content (AvgIpc) is 2.46. The van der Waals surface area contributed by atoms with Crippen LogP contribution < -0.4 is 45.5 Å². The van der Waals surface area contributed by atoms with E-state index in [1.165, 1.54) is 24.4 Å². The SMILES string of the molecule is CC1=C(C(=O)[O-])C(c2ccccc2F)c2c(cc[nH]c2=O)N1.[Na+]. The second kappa shape index (κ2) is 6.70. The number of carbonyl (C=O) groups excluding carboxylic acids is 1. The number of aromatic amines is 1. The topological polar surface area (TPSA) is 85.0 Å². The number of pyridine rings is 1. The van der Waals surface area contributed by atoms with E-state index in [1.807, 2.05) is 0 Å². The van der Waals surface area contributed by atoms with Crippen LogP contribution in [0.1, 0.15) is 24.0 Å².